The van der Waals surface area contributed by atoms with Crippen molar-refractivity contribution in [2.45, 2.75) is 13.8 Å². The quantitative estimate of drug-likeness (QED) is 0.473. The number of hydrogen-bond acceptors (Lipinski definition) is 1. The van der Waals surface area contributed by atoms with Gasteiger partial charge in [0.15, 0.2) is 0 Å². The third kappa shape index (κ3) is 99.6. The van der Waals surface area contributed by atoms with Gasteiger partial charge in [0.05, 0.1) is 0 Å². The molecule has 47 valence electrons. The van der Waals surface area contributed by atoms with Crippen LogP contribution in [0.1, 0.15) is 13.8 Å². The second kappa shape index (κ2) is 30.6. The number of rotatable bonds is 0. The molecule has 0 heterocycles. The predicted octanol–water partition coefficient (Wildman–Crippen LogP) is 1.19. The second-order valence-electron chi connectivity index (χ2n) is 1.39. The summed E-state index contributed by atoms with van der Waals surface area (Å²) in [6, 6.07) is 0. The van der Waals surface area contributed by atoms with Gasteiger partial charge >= 0.3 is 0 Å². The largest absolute Gasteiger partial charge is 0.545 e. The molecule has 0 aliphatic heterocycles. The average molecular weight is 353 g/mol. The van der Waals surface area contributed by atoms with Crippen molar-refractivity contribution in [1.29, 1.82) is 0 Å². The van der Waals surface area contributed by atoms with Gasteiger partial charge in [-0.05, 0) is 0 Å². The van der Waals surface area contributed by atoms with Crippen LogP contribution in [0.2, 0.25) is 0 Å². The smallest absolute Gasteiger partial charge is 0 e. The fraction of sp³-hybridized carbons (Fsp3) is 0.600. The molecule has 0 aromatic carbocycles. The standard InChI is InChI=1S/C4H9.CHO.3Y/c1-4(2)3;1-2;;;/h4H,1H2,2-3H3;1H;;;/q2*-1;;;. The molecule has 0 unspecified atom stereocenters. The van der Waals surface area contributed by atoms with Gasteiger partial charge in [-0.3, -0.25) is 6.79 Å². The average Bonchev–Trinajstić information content (AvgIpc) is 1.41. The molecule has 0 aromatic rings. The van der Waals surface area contributed by atoms with E-state index >= 15 is 0 Å². The molecule has 9 heavy (non-hydrogen) atoms. The molecule has 4 heteroatoms. The summed E-state index contributed by atoms with van der Waals surface area (Å²) in [5.74, 6) is 0.583. The Morgan fingerprint density at radius 3 is 1.11 bits per heavy atom. The normalized spacial score (nSPS) is 4.44. The van der Waals surface area contributed by atoms with E-state index < -0.39 is 0 Å². The topological polar surface area (TPSA) is 17.1 Å². The van der Waals surface area contributed by atoms with E-state index in [1.54, 1.807) is 0 Å². The van der Waals surface area contributed by atoms with E-state index in [0.717, 1.165) is 0 Å². The van der Waals surface area contributed by atoms with E-state index in [4.69, 9.17) is 4.79 Å². The first-order valence-electron chi connectivity index (χ1n) is 1.80. The molecule has 3 radical (unpaired) electrons. The van der Waals surface area contributed by atoms with Crippen molar-refractivity contribution >= 4 is 6.79 Å². The SMILES string of the molecule is [CH-]=O.[CH2-]C(C)C.[Y].[Y].[Y]. The minimum absolute atomic E-state index is 0. The van der Waals surface area contributed by atoms with E-state index in [1.807, 2.05) is 0 Å². The molecule has 0 N–H and O–H groups in total. The summed E-state index contributed by atoms with van der Waals surface area (Å²) in [6.07, 6.45) is 0. The zero-order valence-corrected chi connectivity index (χ0v) is 14.5. The first kappa shape index (κ1) is 29.6. The van der Waals surface area contributed by atoms with Gasteiger partial charge in [-0.15, -0.1) is 0 Å². The maximum Gasteiger partial charge on any atom is 0 e. The van der Waals surface area contributed by atoms with Crippen LogP contribution in [0.25, 0.3) is 0 Å². The van der Waals surface area contributed by atoms with Gasteiger partial charge in [-0.1, -0.05) is 13.8 Å². The number of carbonyl (C=O) groups excluding carboxylic acids is 1. The number of hydrogen-bond donors (Lipinski definition) is 0. The van der Waals surface area contributed by atoms with Crippen LogP contribution in [0.4, 0.5) is 0 Å². The second-order valence-corrected chi connectivity index (χ2v) is 1.39. The predicted molar refractivity (Wildman–Crippen MR) is 26.9 cm³/mol. The molecule has 0 fully saturated rings. The molecule has 0 rings (SSSR count). The summed E-state index contributed by atoms with van der Waals surface area (Å²) in [6.45, 7) is 11.0. The Balaban J connectivity index is -0.00000000990. The zero-order valence-electron chi connectivity index (χ0n) is 6.00. The molecular formula is C5H10OY3-2. The van der Waals surface area contributed by atoms with E-state index in [1.165, 1.54) is 0 Å². The van der Waals surface area contributed by atoms with Crippen molar-refractivity contribution in [1.82, 2.24) is 0 Å². The van der Waals surface area contributed by atoms with Crippen molar-refractivity contribution in [2.24, 2.45) is 5.92 Å². The molecule has 0 aliphatic rings. The van der Waals surface area contributed by atoms with Gasteiger partial charge in [0.2, 0.25) is 0 Å². The summed E-state index contributed by atoms with van der Waals surface area (Å²) < 4.78 is 0. The van der Waals surface area contributed by atoms with Gasteiger partial charge in [-0.2, -0.15) is 5.92 Å². The summed E-state index contributed by atoms with van der Waals surface area (Å²) in [7, 11) is 0. The Labute approximate surface area is 134 Å². The summed E-state index contributed by atoms with van der Waals surface area (Å²) >= 11 is 0. The van der Waals surface area contributed by atoms with Crippen LogP contribution in [0.5, 0.6) is 0 Å². The summed E-state index contributed by atoms with van der Waals surface area (Å²) in [4.78, 5) is 7.75. The fourth-order valence-corrected chi connectivity index (χ4v) is 0. The van der Waals surface area contributed by atoms with Crippen LogP contribution in [0.15, 0.2) is 0 Å². The Kier molecular flexibility index (Phi) is 101. The molecular weight excluding hydrogens is 343 g/mol. The first-order valence-corrected chi connectivity index (χ1v) is 1.80. The third-order valence-electron chi connectivity index (χ3n) is 0. The minimum atomic E-state index is 0. The Hall–Kier alpha value is 2.98. The Morgan fingerprint density at radius 1 is 1.11 bits per heavy atom. The van der Waals surface area contributed by atoms with Crippen molar-refractivity contribution in [2.75, 3.05) is 0 Å². The molecule has 1 nitrogen and oxygen atoms in total. The van der Waals surface area contributed by atoms with Crippen LogP contribution in [-0.4, -0.2) is 6.79 Å². The Morgan fingerprint density at radius 2 is 1.11 bits per heavy atom. The minimum Gasteiger partial charge on any atom is -0.545 e. The van der Waals surface area contributed by atoms with E-state index in [0.29, 0.717) is 5.92 Å². The maximum atomic E-state index is 7.75. The van der Waals surface area contributed by atoms with Gasteiger partial charge < -0.3 is 11.7 Å². The van der Waals surface area contributed by atoms with Gasteiger partial charge in [0, 0.05) is 98.1 Å². The summed E-state index contributed by atoms with van der Waals surface area (Å²) in [5, 5.41) is 0. The van der Waals surface area contributed by atoms with Gasteiger partial charge in [-0.25, -0.2) is 0 Å². The Bertz CT molecular complexity index is 23.4. The van der Waals surface area contributed by atoms with Crippen LogP contribution in [-0.2, 0) is 103 Å². The van der Waals surface area contributed by atoms with Crippen LogP contribution in [0.3, 0.4) is 0 Å². The third-order valence-corrected chi connectivity index (χ3v) is 0. The zero-order chi connectivity index (χ0) is 5.58. The van der Waals surface area contributed by atoms with Crippen LogP contribution >= 0.6 is 0 Å². The molecule has 0 saturated heterocycles. The van der Waals surface area contributed by atoms with Crippen molar-refractivity contribution in [3.05, 3.63) is 6.92 Å². The van der Waals surface area contributed by atoms with E-state index in [-0.39, 0.29) is 98.1 Å². The molecule has 0 atom stereocenters. The van der Waals surface area contributed by atoms with Crippen molar-refractivity contribution < 1.29 is 103 Å². The molecule has 0 spiro atoms. The van der Waals surface area contributed by atoms with Gasteiger partial charge in [0.25, 0.3) is 0 Å². The van der Waals surface area contributed by atoms with Crippen LogP contribution < -0.4 is 0 Å². The van der Waals surface area contributed by atoms with Gasteiger partial charge in [0.1, 0.15) is 0 Å². The monoisotopic (exact) mass is 353 g/mol. The van der Waals surface area contributed by atoms with E-state index in [9.17, 15) is 0 Å². The first-order chi connectivity index (χ1) is 2.73. The van der Waals surface area contributed by atoms with Crippen LogP contribution in [0, 0.1) is 12.8 Å². The molecule has 0 aromatic heterocycles. The summed E-state index contributed by atoms with van der Waals surface area (Å²) in [5.41, 5.74) is 0. The van der Waals surface area contributed by atoms with Crippen molar-refractivity contribution in [3.8, 4) is 0 Å². The van der Waals surface area contributed by atoms with E-state index in [2.05, 4.69) is 27.6 Å². The molecule has 0 aliphatic carbocycles. The fourth-order valence-electron chi connectivity index (χ4n) is 0. The molecule has 0 amide bonds. The molecule has 0 bridgehead atoms. The maximum absolute atomic E-state index is 7.75. The van der Waals surface area contributed by atoms with Crippen molar-refractivity contribution in [3.63, 3.8) is 0 Å². The molecule has 0 saturated carbocycles.